The van der Waals surface area contributed by atoms with Gasteiger partial charge in [-0.1, -0.05) is 17.7 Å². The number of halogens is 1. The van der Waals surface area contributed by atoms with Crippen molar-refractivity contribution in [3.63, 3.8) is 0 Å². The zero-order chi connectivity index (χ0) is 19.9. The minimum atomic E-state index is 0.284. The zero-order valence-electron chi connectivity index (χ0n) is 16.1. The second-order valence-corrected chi connectivity index (χ2v) is 8.32. The number of nitrogens with zero attached hydrogens (tertiary/aromatic N) is 3. The molecule has 1 aliphatic heterocycles. The molecule has 152 valence electrons. The summed E-state index contributed by atoms with van der Waals surface area (Å²) in [6, 6.07) is 12.1. The Kier molecular flexibility index (Phi) is 6.69. The van der Waals surface area contributed by atoms with Gasteiger partial charge in [-0.15, -0.1) is 11.3 Å². The standard InChI is InChI=1S/C21H24ClN5OS/c22-19-6-1-9-23-20(19)27-11-8-16(15-27)26-21(25-14-18-5-3-13-29-18)24-10-7-17-4-2-12-28-17/h1-6,9,12-13,16H,7-8,10-11,14-15H2,(H2,24,25,26). The van der Waals surface area contributed by atoms with E-state index in [1.165, 1.54) is 4.88 Å². The van der Waals surface area contributed by atoms with Gasteiger partial charge in [0.15, 0.2) is 5.96 Å². The van der Waals surface area contributed by atoms with E-state index in [9.17, 15) is 0 Å². The Morgan fingerprint density at radius 1 is 1.31 bits per heavy atom. The van der Waals surface area contributed by atoms with Gasteiger partial charge in [-0.3, -0.25) is 0 Å². The molecule has 0 radical (unpaired) electrons. The van der Waals surface area contributed by atoms with E-state index < -0.39 is 0 Å². The first-order valence-corrected chi connectivity index (χ1v) is 11.0. The highest BCUT2D eigenvalue weighted by Gasteiger charge is 2.25. The molecular weight excluding hydrogens is 406 g/mol. The van der Waals surface area contributed by atoms with Crippen molar-refractivity contribution in [3.05, 3.63) is 69.9 Å². The number of guanidine groups is 1. The van der Waals surface area contributed by atoms with Gasteiger partial charge in [0.2, 0.25) is 0 Å². The topological polar surface area (TPSA) is 65.7 Å². The minimum Gasteiger partial charge on any atom is -0.469 e. The van der Waals surface area contributed by atoms with E-state index in [1.807, 2.05) is 24.3 Å². The van der Waals surface area contributed by atoms with Gasteiger partial charge in [0.25, 0.3) is 0 Å². The molecule has 6 nitrogen and oxygen atoms in total. The van der Waals surface area contributed by atoms with Crippen LogP contribution in [0.2, 0.25) is 5.02 Å². The summed E-state index contributed by atoms with van der Waals surface area (Å²) in [6.07, 6.45) is 5.30. The fraction of sp³-hybridized carbons (Fsp3) is 0.333. The average molecular weight is 430 g/mol. The first-order chi connectivity index (χ1) is 14.3. The molecule has 2 N–H and O–H groups in total. The number of hydrogen-bond acceptors (Lipinski definition) is 5. The van der Waals surface area contributed by atoms with Gasteiger partial charge in [0.05, 0.1) is 17.8 Å². The third-order valence-electron chi connectivity index (χ3n) is 4.78. The highest BCUT2D eigenvalue weighted by atomic mass is 35.5. The Labute approximate surface area is 179 Å². The molecule has 0 amide bonds. The highest BCUT2D eigenvalue weighted by molar-refractivity contribution is 7.09. The van der Waals surface area contributed by atoms with E-state index in [-0.39, 0.29) is 6.04 Å². The number of rotatable bonds is 7. The third-order valence-corrected chi connectivity index (χ3v) is 5.94. The van der Waals surface area contributed by atoms with Gasteiger partial charge in [-0.05, 0) is 42.1 Å². The van der Waals surface area contributed by atoms with Crippen LogP contribution in [0, 0.1) is 0 Å². The molecule has 8 heteroatoms. The second kappa shape index (κ2) is 9.80. The lowest BCUT2D eigenvalue weighted by atomic mass is 10.3. The van der Waals surface area contributed by atoms with Gasteiger partial charge in [-0.25, -0.2) is 9.98 Å². The fourth-order valence-electron chi connectivity index (χ4n) is 3.34. The Balaban J connectivity index is 1.36. The molecule has 0 aliphatic carbocycles. The molecule has 0 bridgehead atoms. The number of aromatic nitrogens is 1. The van der Waals surface area contributed by atoms with Crippen LogP contribution < -0.4 is 15.5 Å². The SMILES string of the molecule is Clc1cccnc1N1CCC(NC(=NCc2cccs2)NCCc2ccco2)C1. The van der Waals surface area contributed by atoms with E-state index in [1.54, 1.807) is 23.8 Å². The van der Waals surface area contributed by atoms with E-state index in [0.29, 0.717) is 11.6 Å². The first kappa shape index (κ1) is 19.8. The molecule has 1 saturated heterocycles. The monoisotopic (exact) mass is 429 g/mol. The molecule has 29 heavy (non-hydrogen) atoms. The van der Waals surface area contributed by atoms with Crippen LogP contribution in [0.1, 0.15) is 17.1 Å². The summed E-state index contributed by atoms with van der Waals surface area (Å²) in [4.78, 5) is 12.7. The number of nitrogens with one attached hydrogen (secondary N) is 2. The highest BCUT2D eigenvalue weighted by Crippen LogP contribution is 2.25. The summed E-state index contributed by atoms with van der Waals surface area (Å²) in [6.45, 7) is 3.18. The van der Waals surface area contributed by atoms with Gasteiger partial charge in [0.1, 0.15) is 11.6 Å². The van der Waals surface area contributed by atoms with Gasteiger partial charge < -0.3 is 20.0 Å². The van der Waals surface area contributed by atoms with Crippen molar-refractivity contribution >= 4 is 34.7 Å². The summed E-state index contributed by atoms with van der Waals surface area (Å²) in [5.41, 5.74) is 0. The summed E-state index contributed by atoms with van der Waals surface area (Å²) in [5, 5.41) is 9.78. The summed E-state index contributed by atoms with van der Waals surface area (Å²) < 4.78 is 5.42. The molecule has 1 fully saturated rings. The number of pyridine rings is 1. The van der Waals surface area contributed by atoms with Crippen molar-refractivity contribution in [1.82, 2.24) is 15.6 Å². The number of anilines is 1. The maximum atomic E-state index is 6.31. The van der Waals surface area contributed by atoms with Gasteiger partial charge in [-0.2, -0.15) is 0 Å². The predicted molar refractivity (Wildman–Crippen MR) is 119 cm³/mol. The maximum absolute atomic E-state index is 6.31. The number of furan rings is 1. The molecule has 3 aromatic rings. The molecule has 1 aliphatic rings. The van der Waals surface area contributed by atoms with Crippen LogP contribution in [0.4, 0.5) is 5.82 Å². The van der Waals surface area contributed by atoms with E-state index >= 15 is 0 Å². The lowest BCUT2D eigenvalue weighted by Gasteiger charge is -2.20. The number of thiophene rings is 1. The molecule has 4 rings (SSSR count). The maximum Gasteiger partial charge on any atom is 0.191 e. The molecule has 1 unspecified atom stereocenters. The van der Waals surface area contributed by atoms with E-state index in [4.69, 9.17) is 21.0 Å². The largest absolute Gasteiger partial charge is 0.469 e. The summed E-state index contributed by atoms with van der Waals surface area (Å²) >= 11 is 8.03. The van der Waals surface area contributed by atoms with Crippen LogP contribution in [-0.4, -0.2) is 36.6 Å². The van der Waals surface area contributed by atoms with Crippen LogP contribution in [0.25, 0.3) is 0 Å². The van der Waals surface area contributed by atoms with Crippen LogP contribution in [-0.2, 0) is 13.0 Å². The lowest BCUT2D eigenvalue weighted by molar-refractivity contribution is 0.506. The Morgan fingerprint density at radius 3 is 3.07 bits per heavy atom. The van der Waals surface area contributed by atoms with Crippen molar-refractivity contribution in [3.8, 4) is 0 Å². The van der Waals surface area contributed by atoms with Crippen LogP contribution in [0.5, 0.6) is 0 Å². The first-order valence-electron chi connectivity index (χ1n) is 9.73. The average Bonchev–Trinajstić information content (AvgIpc) is 3.49. The smallest absolute Gasteiger partial charge is 0.191 e. The van der Waals surface area contributed by atoms with Gasteiger partial charge >= 0.3 is 0 Å². The quantitative estimate of drug-likeness (QED) is 0.439. The van der Waals surface area contributed by atoms with Crippen molar-refractivity contribution in [2.24, 2.45) is 4.99 Å². The van der Waals surface area contributed by atoms with Crippen LogP contribution in [0.3, 0.4) is 0 Å². The minimum absolute atomic E-state index is 0.284. The van der Waals surface area contributed by atoms with Gasteiger partial charge in [0, 0.05) is 43.2 Å². The molecule has 1 atom stereocenters. The molecule has 0 aromatic carbocycles. The molecule has 0 spiro atoms. The number of aliphatic imine (C=N–C) groups is 1. The molecule has 4 heterocycles. The summed E-state index contributed by atoms with van der Waals surface area (Å²) in [5.74, 6) is 2.64. The van der Waals surface area contributed by atoms with Crippen molar-refractivity contribution < 1.29 is 4.42 Å². The molecular formula is C21H24ClN5OS. The van der Waals surface area contributed by atoms with Crippen LogP contribution >= 0.6 is 22.9 Å². The second-order valence-electron chi connectivity index (χ2n) is 6.89. The van der Waals surface area contributed by atoms with E-state index in [2.05, 4.69) is 38.0 Å². The van der Waals surface area contributed by atoms with Crippen LogP contribution in [0.15, 0.2) is 63.6 Å². The predicted octanol–water partition coefficient (Wildman–Crippen LogP) is 3.95. The Bertz CT molecular complexity index is 913. The Morgan fingerprint density at radius 2 is 2.28 bits per heavy atom. The lowest BCUT2D eigenvalue weighted by Crippen LogP contribution is -2.45. The normalized spacial score (nSPS) is 16.9. The Hall–Kier alpha value is -2.51. The van der Waals surface area contributed by atoms with E-state index in [0.717, 1.165) is 50.0 Å². The van der Waals surface area contributed by atoms with Crippen molar-refractivity contribution in [2.75, 3.05) is 24.5 Å². The van der Waals surface area contributed by atoms with Crippen molar-refractivity contribution in [2.45, 2.75) is 25.4 Å². The fourth-order valence-corrected chi connectivity index (χ4v) is 4.21. The zero-order valence-corrected chi connectivity index (χ0v) is 17.6. The molecule has 0 saturated carbocycles. The summed E-state index contributed by atoms with van der Waals surface area (Å²) in [7, 11) is 0. The third kappa shape index (κ3) is 5.52. The molecule has 3 aromatic heterocycles. The number of hydrogen-bond donors (Lipinski definition) is 2. The van der Waals surface area contributed by atoms with Crippen molar-refractivity contribution in [1.29, 1.82) is 0 Å².